The number of amides is 1. The van der Waals surface area contributed by atoms with Crippen LogP contribution >= 0.6 is 0 Å². The Morgan fingerprint density at radius 1 is 1.41 bits per heavy atom. The zero-order valence-corrected chi connectivity index (χ0v) is 9.22. The first kappa shape index (κ1) is 10.2. The van der Waals surface area contributed by atoms with Crippen molar-refractivity contribution in [3.05, 3.63) is 24.2 Å². The average Bonchev–Trinajstić information content (AvgIpc) is 2.83. The van der Waals surface area contributed by atoms with Crippen LogP contribution in [0.2, 0.25) is 0 Å². The number of aromatic nitrogens is 3. The number of nitrogens with one attached hydrogen (secondary N) is 1. The fraction of sp³-hybridized carbons (Fsp3) is 0.364. The smallest absolute Gasteiger partial charge is 0.275 e. The minimum Gasteiger partial charge on any atom is -0.378 e. The highest BCUT2D eigenvalue weighted by Crippen LogP contribution is 2.16. The monoisotopic (exact) mass is 232 g/mol. The van der Waals surface area contributed by atoms with Crippen LogP contribution in [0.15, 0.2) is 18.5 Å². The van der Waals surface area contributed by atoms with Gasteiger partial charge in [-0.2, -0.15) is 5.10 Å². The van der Waals surface area contributed by atoms with Gasteiger partial charge in [-0.15, -0.1) is 0 Å². The summed E-state index contributed by atoms with van der Waals surface area (Å²) in [5.41, 5.74) is 1.27. The second-order valence-electron chi connectivity index (χ2n) is 3.90. The quantitative estimate of drug-likeness (QED) is 0.774. The molecule has 3 rings (SSSR count). The second kappa shape index (κ2) is 4.14. The Hall–Kier alpha value is -1.95. The number of carbonyl (C=O) groups excluding carboxylic acids is 1. The van der Waals surface area contributed by atoms with E-state index < -0.39 is 0 Å². The topological polar surface area (TPSA) is 71.1 Å². The van der Waals surface area contributed by atoms with E-state index in [1.807, 2.05) is 0 Å². The Bertz CT molecular complexity index is 545. The van der Waals surface area contributed by atoms with E-state index in [2.05, 4.69) is 15.2 Å². The van der Waals surface area contributed by atoms with Crippen LogP contribution in [-0.2, 0) is 4.74 Å². The Morgan fingerprint density at radius 2 is 2.24 bits per heavy atom. The van der Waals surface area contributed by atoms with E-state index in [0.29, 0.717) is 32.0 Å². The third-order valence-corrected chi connectivity index (χ3v) is 2.87. The highest BCUT2D eigenvalue weighted by Gasteiger charge is 2.22. The van der Waals surface area contributed by atoms with Gasteiger partial charge in [0.25, 0.3) is 5.91 Å². The molecule has 0 spiro atoms. The summed E-state index contributed by atoms with van der Waals surface area (Å²) in [5.74, 6) is -0.0625. The maximum absolute atomic E-state index is 12.2. The standard InChI is InChI=1S/C11H12N4O2/c16-11(15-3-5-17-6-4-15)10-8-7-12-2-1-9(8)13-14-10/h1-2,7H,3-6H2,(H,13,14). The van der Waals surface area contributed by atoms with Gasteiger partial charge < -0.3 is 9.64 Å². The largest absolute Gasteiger partial charge is 0.378 e. The summed E-state index contributed by atoms with van der Waals surface area (Å²) in [5, 5.41) is 7.68. The van der Waals surface area contributed by atoms with Crippen molar-refractivity contribution in [3.8, 4) is 0 Å². The Morgan fingerprint density at radius 3 is 3.06 bits per heavy atom. The summed E-state index contributed by atoms with van der Waals surface area (Å²) in [6.45, 7) is 2.42. The van der Waals surface area contributed by atoms with Gasteiger partial charge in [0, 0.05) is 25.5 Å². The van der Waals surface area contributed by atoms with Gasteiger partial charge in [0.2, 0.25) is 0 Å². The van der Waals surface area contributed by atoms with Crippen molar-refractivity contribution in [3.63, 3.8) is 0 Å². The molecule has 1 N–H and O–H groups in total. The predicted octanol–water partition coefficient (Wildman–Crippen LogP) is 0.430. The van der Waals surface area contributed by atoms with Gasteiger partial charge in [-0.1, -0.05) is 0 Å². The van der Waals surface area contributed by atoms with Crippen molar-refractivity contribution in [1.29, 1.82) is 0 Å². The van der Waals surface area contributed by atoms with Crippen LogP contribution in [0.25, 0.3) is 10.9 Å². The number of hydrogen-bond donors (Lipinski definition) is 1. The summed E-state index contributed by atoms with van der Waals surface area (Å²) < 4.78 is 5.22. The zero-order chi connectivity index (χ0) is 11.7. The number of nitrogens with zero attached hydrogens (tertiary/aromatic N) is 3. The van der Waals surface area contributed by atoms with Crippen LogP contribution in [-0.4, -0.2) is 52.3 Å². The third-order valence-electron chi connectivity index (χ3n) is 2.87. The molecule has 6 heteroatoms. The number of H-pyrrole nitrogens is 1. The van der Waals surface area contributed by atoms with Crippen LogP contribution in [0.5, 0.6) is 0 Å². The van der Waals surface area contributed by atoms with Crippen LogP contribution in [0.4, 0.5) is 0 Å². The Labute approximate surface area is 97.6 Å². The van der Waals surface area contributed by atoms with Gasteiger partial charge >= 0.3 is 0 Å². The molecular weight excluding hydrogens is 220 g/mol. The normalized spacial score (nSPS) is 16.4. The molecular formula is C11H12N4O2. The fourth-order valence-electron chi connectivity index (χ4n) is 1.94. The lowest BCUT2D eigenvalue weighted by molar-refractivity contribution is 0.0300. The molecule has 0 aliphatic carbocycles. The van der Waals surface area contributed by atoms with E-state index >= 15 is 0 Å². The molecule has 1 aliphatic heterocycles. The van der Waals surface area contributed by atoms with Gasteiger partial charge in [0.1, 0.15) is 0 Å². The summed E-state index contributed by atoms with van der Waals surface area (Å²) in [4.78, 5) is 18.0. The van der Waals surface area contributed by atoms with Crippen molar-refractivity contribution in [1.82, 2.24) is 20.1 Å². The minimum atomic E-state index is -0.0625. The van der Waals surface area contributed by atoms with E-state index in [4.69, 9.17) is 4.74 Å². The molecule has 6 nitrogen and oxygen atoms in total. The lowest BCUT2D eigenvalue weighted by Crippen LogP contribution is -2.40. The molecule has 0 aromatic carbocycles. The maximum Gasteiger partial charge on any atom is 0.275 e. The molecule has 1 fully saturated rings. The van der Waals surface area contributed by atoms with Gasteiger partial charge in [0.15, 0.2) is 5.69 Å². The van der Waals surface area contributed by atoms with E-state index in [9.17, 15) is 4.79 Å². The van der Waals surface area contributed by atoms with Gasteiger partial charge in [0.05, 0.1) is 24.1 Å². The summed E-state index contributed by atoms with van der Waals surface area (Å²) >= 11 is 0. The first-order valence-electron chi connectivity index (χ1n) is 5.51. The average molecular weight is 232 g/mol. The van der Waals surface area contributed by atoms with E-state index in [0.717, 1.165) is 10.9 Å². The van der Waals surface area contributed by atoms with Crippen LogP contribution in [0.1, 0.15) is 10.5 Å². The number of rotatable bonds is 1. The van der Waals surface area contributed by atoms with Crippen molar-refractivity contribution in [2.45, 2.75) is 0 Å². The molecule has 1 aliphatic rings. The van der Waals surface area contributed by atoms with E-state index in [1.165, 1.54) is 0 Å². The number of pyridine rings is 1. The molecule has 0 bridgehead atoms. The number of fused-ring (bicyclic) bond motifs is 1. The number of hydrogen-bond acceptors (Lipinski definition) is 4. The van der Waals surface area contributed by atoms with Crippen molar-refractivity contribution < 1.29 is 9.53 Å². The van der Waals surface area contributed by atoms with Crippen molar-refractivity contribution >= 4 is 16.8 Å². The molecule has 88 valence electrons. The van der Waals surface area contributed by atoms with Crippen molar-refractivity contribution in [2.75, 3.05) is 26.3 Å². The van der Waals surface area contributed by atoms with E-state index in [-0.39, 0.29) is 5.91 Å². The van der Waals surface area contributed by atoms with Crippen LogP contribution in [0.3, 0.4) is 0 Å². The predicted molar refractivity (Wildman–Crippen MR) is 60.6 cm³/mol. The lowest BCUT2D eigenvalue weighted by Gasteiger charge is -2.26. The molecule has 1 amide bonds. The molecule has 1 saturated heterocycles. The van der Waals surface area contributed by atoms with E-state index in [1.54, 1.807) is 23.4 Å². The maximum atomic E-state index is 12.2. The van der Waals surface area contributed by atoms with Gasteiger partial charge in [-0.25, -0.2) is 0 Å². The van der Waals surface area contributed by atoms with Crippen LogP contribution < -0.4 is 0 Å². The molecule has 17 heavy (non-hydrogen) atoms. The Balaban J connectivity index is 1.95. The molecule has 0 radical (unpaired) electrons. The highest BCUT2D eigenvalue weighted by atomic mass is 16.5. The summed E-state index contributed by atoms with van der Waals surface area (Å²) in [6.07, 6.45) is 3.33. The zero-order valence-electron chi connectivity index (χ0n) is 9.22. The molecule has 0 atom stereocenters. The summed E-state index contributed by atoms with van der Waals surface area (Å²) in [6, 6.07) is 1.80. The lowest BCUT2D eigenvalue weighted by atomic mass is 10.2. The Kier molecular flexibility index (Phi) is 2.49. The number of carbonyl (C=O) groups is 1. The van der Waals surface area contributed by atoms with Crippen LogP contribution in [0, 0.1) is 0 Å². The fourth-order valence-corrected chi connectivity index (χ4v) is 1.94. The van der Waals surface area contributed by atoms with Gasteiger partial charge in [-0.05, 0) is 6.07 Å². The molecule has 0 unspecified atom stereocenters. The first-order chi connectivity index (χ1) is 8.36. The summed E-state index contributed by atoms with van der Waals surface area (Å²) in [7, 11) is 0. The van der Waals surface area contributed by atoms with Gasteiger partial charge in [-0.3, -0.25) is 14.9 Å². The molecule has 0 saturated carbocycles. The minimum absolute atomic E-state index is 0.0625. The molecule has 3 heterocycles. The highest BCUT2D eigenvalue weighted by molar-refractivity contribution is 6.04. The third kappa shape index (κ3) is 1.76. The molecule has 2 aromatic rings. The number of ether oxygens (including phenoxy) is 1. The SMILES string of the molecule is O=C(c1n[nH]c2ccncc12)N1CCOCC1. The first-order valence-corrected chi connectivity index (χ1v) is 5.51. The number of aromatic amines is 1. The molecule has 2 aromatic heterocycles. The number of morpholine rings is 1. The van der Waals surface area contributed by atoms with Crippen molar-refractivity contribution in [2.24, 2.45) is 0 Å². The second-order valence-corrected chi connectivity index (χ2v) is 3.90.